The number of nitrogens with zero attached hydrogens (tertiary/aromatic N) is 2. The molecule has 0 saturated carbocycles. The number of fused-ring (bicyclic) bond motifs is 2. The van der Waals surface area contributed by atoms with Crippen molar-refractivity contribution in [1.82, 2.24) is 15.3 Å². The monoisotopic (exact) mass is 296 g/mol. The van der Waals surface area contributed by atoms with Gasteiger partial charge in [0.15, 0.2) is 0 Å². The van der Waals surface area contributed by atoms with E-state index in [0.717, 1.165) is 30.9 Å². The van der Waals surface area contributed by atoms with Crippen molar-refractivity contribution < 1.29 is 4.74 Å². The molecule has 5 nitrogen and oxygen atoms in total. The van der Waals surface area contributed by atoms with Gasteiger partial charge in [0.1, 0.15) is 0 Å². The molecule has 1 aromatic carbocycles. The summed E-state index contributed by atoms with van der Waals surface area (Å²) in [6.07, 6.45) is 2.94. The van der Waals surface area contributed by atoms with Crippen LogP contribution in [0.2, 0.25) is 0 Å². The summed E-state index contributed by atoms with van der Waals surface area (Å²) in [4.78, 5) is 9.06. The van der Waals surface area contributed by atoms with E-state index >= 15 is 0 Å². The predicted molar refractivity (Wildman–Crippen MR) is 85.0 cm³/mol. The first-order valence-electron chi connectivity index (χ1n) is 7.72. The first-order valence-corrected chi connectivity index (χ1v) is 7.72. The van der Waals surface area contributed by atoms with E-state index in [1.54, 1.807) is 0 Å². The van der Waals surface area contributed by atoms with Gasteiger partial charge in [-0.3, -0.25) is 0 Å². The van der Waals surface area contributed by atoms with Crippen LogP contribution in [0.1, 0.15) is 36.2 Å². The fraction of sp³-hybridized carbons (Fsp3) is 0.412. The Morgan fingerprint density at radius 2 is 2.18 bits per heavy atom. The Morgan fingerprint density at radius 1 is 1.27 bits per heavy atom. The summed E-state index contributed by atoms with van der Waals surface area (Å²) in [7, 11) is 0. The van der Waals surface area contributed by atoms with Crippen molar-refractivity contribution in [2.45, 2.75) is 39.0 Å². The number of benzene rings is 1. The van der Waals surface area contributed by atoms with Crippen LogP contribution >= 0.6 is 0 Å². The maximum absolute atomic E-state index is 5.82. The highest BCUT2D eigenvalue weighted by atomic mass is 16.5. The summed E-state index contributed by atoms with van der Waals surface area (Å²) in [5, 5.41) is 6.66. The minimum absolute atomic E-state index is 0.229. The molecule has 0 spiro atoms. The van der Waals surface area contributed by atoms with E-state index in [-0.39, 0.29) is 5.60 Å². The summed E-state index contributed by atoms with van der Waals surface area (Å²) in [6, 6.07) is 6.32. The molecule has 4 rings (SSSR count). The van der Waals surface area contributed by atoms with Gasteiger partial charge in [-0.15, -0.1) is 0 Å². The van der Waals surface area contributed by atoms with Crippen LogP contribution in [0.3, 0.4) is 0 Å². The Labute approximate surface area is 130 Å². The minimum atomic E-state index is -0.229. The Bertz CT molecular complexity index is 727. The molecule has 0 unspecified atom stereocenters. The lowest BCUT2D eigenvalue weighted by Crippen LogP contribution is -2.25. The van der Waals surface area contributed by atoms with Crippen LogP contribution in [-0.2, 0) is 29.9 Å². The predicted octanol–water partition coefficient (Wildman–Crippen LogP) is 2.63. The number of ether oxygens (including phenoxy) is 1. The number of rotatable bonds is 2. The summed E-state index contributed by atoms with van der Waals surface area (Å²) in [5.74, 6) is 0.652. The zero-order chi connectivity index (χ0) is 15.2. The molecular weight excluding hydrogens is 276 g/mol. The second-order valence-corrected chi connectivity index (χ2v) is 6.39. The molecule has 114 valence electrons. The van der Waals surface area contributed by atoms with E-state index in [1.165, 1.54) is 16.7 Å². The molecule has 2 N–H and O–H groups in total. The first kappa shape index (κ1) is 13.7. The van der Waals surface area contributed by atoms with Gasteiger partial charge in [-0.25, -0.2) is 9.97 Å². The summed E-state index contributed by atoms with van der Waals surface area (Å²) in [6.45, 7) is 6.71. The number of anilines is 2. The third-order valence-corrected chi connectivity index (χ3v) is 4.42. The standard InChI is InChI=1S/C17H20N4O/c1-17(2)14-7-13(4-3-12(14)10-22-17)20-16-19-8-11-5-6-18-9-15(11)21-16/h3-4,7-8,18H,5-6,9-10H2,1-2H3,(H,19,20,21). The van der Waals surface area contributed by atoms with Crippen molar-refractivity contribution in [2.24, 2.45) is 0 Å². The largest absolute Gasteiger partial charge is 0.366 e. The molecule has 0 atom stereocenters. The first-order chi connectivity index (χ1) is 10.6. The molecule has 0 fully saturated rings. The van der Waals surface area contributed by atoms with Crippen LogP contribution in [-0.4, -0.2) is 16.5 Å². The molecule has 5 heteroatoms. The van der Waals surface area contributed by atoms with Crippen molar-refractivity contribution in [3.63, 3.8) is 0 Å². The third-order valence-electron chi connectivity index (χ3n) is 4.42. The van der Waals surface area contributed by atoms with Gasteiger partial charge in [-0.1, -0.05) is 6.07 Å². The van der Waals surface area contributed by atoms with Crippen LogP contribution in [0.15, 0.2) is 24.4 Å². The Hall–Kier alpha value is -1.98. The van der Waals surface area contributed by atoms with Crippen LogP contribution in [0.5, 0.6) is 0 Å². The fourth-order valence-corrected chi connectivity index (χ4v) is 3.10. The highest BCUT2D eigenvalue weighted by molar-refractivity contribution is 5.57. The van der Waals surface area contributed by atoms with Gasteiger partial charge >= 0.3 is 0 Å². The van der Waals surface area contributed by atoms with E-state index < -0.39 is 0 Å². The fourth-order valence-electron chi connectivity index (χ4n) is 3.10. The molecule has 0 bridgehead atoms. The van der Waals surface area contributed by atoms with Gasteiger partial charge < -0.3 is 15.4 Å². The van der Waals surface area contributed by atoms with Crippen molar-refractivity contribution >= 4 is 11.6 Å². The average molecular weight is 296 g/mol. The zero-order valence-electron chi connectivity index (χ0n) is 12.9. The minimum Gasteiger partial charge on any atom is -0.366 e. The highest BCUT2D eigenvalue weighted by Gasteiger charge is 2.30. The number of aromatic nitrogens is 2. The molecule has 22 heavy (non-hydrogen) atoms. The lowest BCUT2D eigenvalue weighted by atomic mass is 9.96. The lowest BCUT2D eigenvalue weighted by molar-refractivity contribution is -0.00787. The molecule has 2 aliphatic rings. The van der Waals surface area contributed by atoms with Gasteiger partial charge in [0.25, 0.3) is 0 Å². The number of hydrogen-bond donors (Lipinski definition) is 2. The molecule has 3 heterocycles. The van der Waals surface area contributed by atoms with Gasteiger partial charge in [0, 0.05) is 18.4 Å². The quantitative estimate of drug-likeness (QED) is 0.892. The molecule has 0 radical (unpaired) electrons. The molecule has 2 aromatic rings. The molecular formula is C17H20N4O. The molecule has 2 aliphatic heterocycles. The average Bonchev–Trinajstić information content (AvgIpc) is 2.83. The zero-order valence-corrected chi connectivity index (χ0v) is 12.9. The van der Waals surface area contributed by atoms with Crippen molar-refractivity contribution in [3.8, 4) is 0 Å². The van der Waals surface area contributed by atoms with Crippen LogP contribution in [0.4, 0.5) is 11.6 Å². The smallest absolute Gasteiger partial charge is 0.227 e. The van der Waals surface area contributed by atoms with Crippen LogP contribution in [0.25, 0.3) is 0 Å². The van der Waals surface area contributed by atoms with E-state index in [9.17, 15) is 0 Å². The van der Waals surface area contributed by atoms with Gasteiger partial charge in [-0.2, -0.15) is 0 Å². The summed E-state index contributed by atoms with van der Waals surface area (Å²) >= 11 is 0. The third kappa shape index (κ3) is 2.36. The van der Waals surface area contributed by atoms with Crippen molar-refractivity contribution in [2.75, 3.05) is 11.9 Å². The van der Waals surface area contributed by atoms with E-state index in [0.29, 0.717) is 12.6 Å². The SMILES string of the molecule is CC1(C)OCc2ccc(Nc3ncc4c(n3)CNCC4)cc21. The maximum atomic E-state index is 5.82. The van der Waals surface area contributed by atoms with Crippen LogP contribution < -0.4 is 10.6 Å². The lowest BCUT2D eigenvalue weighted by Gasteiger charge is -2.19. The van der Waals surface area contributed by atoms with Crippen molar-refractivity contribution in [3.05, 3.63) is 46.8 Å². The second kappa shape index (κ2) is 5.04. The Kier molecular flexibility index (Phi) is 3.13. The van der Waals surface area contributed by atoms with E-state index in [4.69, 9.17) is 4.74 Å². The van der Waals surface area contributed by atoms with Gasteiger partial charge in [0.2, 0.25) is 5.95 Å². The van der Waals surface area contributed by atoms with E-state index in [1.807, 2.05) is 6.20 Å². The molecule has 0 saturated heterocycles. The number of nitrogens with one attached hydrogen (secondary N) is 2. The highest BCUT2D eigenvalue weighted by Crippen LogP contribution is 2.37. The molecule has 0 aliphatic carbocycles. The second-order valence-electron chi connectivity index (χ2n) is 6.39. The molecule has 0 amide bonds. The maximum Gasteiger partial charge on any atom is 0.227 e. The van der Waals surface area contributed by atoms with Gasteiger partial charge in [-0.05, 0) is 55.6 Å². The summed E-state index contributed by atoms with van der Waals surface area (Å²) < 4.78 is 5.82. The normalized spacial score (nSPS) is 18.6. The topological polar surface area (TPSA) is 59.1 Å². The van der Waals surface area contributed by atoms with Crippen molar-refractivity contribution in [1.29, 1.82) is 0 Å². The van der Waals surface area contributed by atoms with Crippen LogP contribution in [0, 0.1) is 0 Å². The summed E-state index contributed by atoms with van der Waals surface area (Å²) in [5.41, 5.74) is 5.60. The van der Waals surface area contributed by atoms with E-state index in [2.05, 4.69) is 52.6 Å². The Morgan fingerprint density at radius 3 is 3.09 bits per heavy atom. The van der Waals surface area contributed by atoms with Gasteiger partial charge in [0.05, 0.1) is 17.9 Å². The molecule has 1 aromatic heterocycles. The number of hydrogen-bond acceptors (Lipinski definition) is 5. The Balaban J connectivity index is 1.62.